The van der Waals surface area contributed by atoms with Gasteiger partial charge in [-0.05, 0) is 37.5 Å². The van der Waals surface area contributed by atoms with E-state index in [1.54, 1.807) is 6.92 Å². The number of hydrogen-bond donors (Lipinski definition) is 1. The lowest BCUT2D eigenvalue weighted by atomic mass is 10.1. The second-order valence-corrected chi connectivity index (χ2v) is 5.75. The molecule has 124 valence electrons. The number of carbonyl (C=O) groups is 1. The molecular weight excluding hydrogens is 292 g/mol. The molecule has 0 saturated carbocycles. The number of nitrogens with zero attached hydrogens (tertiary/aromatic N) is 3. The van der Waals surface area contributed by atoms with Gasteiger partial charge in [-0.25, -0.2) is 0 Å². The van der Waals surface area contributed by atoms with Crippen molar-refractivity contribution in [2.24, 2.45) is 0 Å². The van der Waals surface area contributed by atoms with Crippen molar-refractivity contribution >= 4 is 11.6 Å². The average Bonchev–Trinajstić information content (AvgIpc) is 2.95. The van der Waals surface area contributed by atoms with Crippen LogP contribution in [-0.4, -0.2) is 36.7 Å². The topological polar surface area (TPSA) is 71.3 Å². The molecule has 2 rings (SSSR count). The molecular formula is C17H24N4O2. The van der Waals surface area contributed by atoms with Gasteiger partial charge in [-0.1, -0.05) is 17.3 Å². The fourth-order valence-corrected chi connectivity index (χ4v) is 2.23. The third-order valence-corrected chi connectivity index (χ3v) is 3.55. The molecule has 0 aliphatic heterocycles. The molecule has 1 aromatic heterocycles. The maximum atomic E-state index is 11.7. The summed E-state index contributed by atoms with van der Waals surface area (Å²) in [6.07, 6.45) is 2.74. The van der Waals surface area contributed by atoms with E-state index in [0.717, 1.165) is 12.8 Å². The number of carbonyl (C=O) groups excluding carboxylic acids is 1. The van der Waals surface area contributed by atoms with E-state index in [0.29, 0.717) is 31.1 Å². The summed E-state index contributed by atoms with van der Waals surface area (Å²) in [6, 6.07) is 8.49. The highest BCUT2D eigenvalue weighted by molar-refractivity contribution is 5.75. The molecule has 0 bridgehead atoms. The van der Waals surface area contributed by atoms with Crippen LogP contribution in [0.2, 0.25) is 0 Å². The van der Waals surface area contributed by atoms with Gasteiger partial charge in [0, 0.05) is 39.2 Å². The standard InChI is InChI=1S/C17H24N4O2/c1-13-19-17(23-20-13)11-10-16(22)18-12-4-5-14-6-8-15(9-7-14)21(2)3/h6-9H,4-5,10-12H2,1-3H3,(H,18,22). The Labute approximate surface area is 136 Å². The molecule has 0 aliphatic rings. The second kappa shape index (κ2) is 8.31. The summed E-state index contributed by atoms with van der Waals surface area (Å²) in [4.78, 5) is 17.9. The van der Waals surface area contributed by atoms with Crippen molar-refractivity contribution in [2.75, 3.05) is 25.5 Å². The monoisotopic (exact) mass is 316 g/mol. The van der Waals surface area contributed by atoms with Crippen molar-refractivity contribution in [3.05, 3.63) is 41.5 Å². The van der Waals surface area contributed by atoms with Crippen molar-refractivity contribution in [3.63, 3.8) is 0 Å². The third kappa shape index (κ3) is 5.73. The Hall–Kier alpha value is -2.37. The molecule has 0 unspecified atom stereocenters. The lowest BCUT2D eigenvalue weighted by molar-refractivity contribution is -0.121. The van der Waals surface area contributed by atoms with Crippen LogP contribution in [0.5, 0.6) is 0 Å². The van der Waals surface area contributed by atoms with E-state index in [2.05, 4.69) is 44.6 Å². The molecule has 0 spiro atoms. The number of rotatable bonds is 8. The molecule has 0 fully saturated rings. The van der Waals surface area contributed by atoms with Crippen LogP contribution in [0, 0.1) is 6.92 Å². The average molecular weight is 316 g/mol. The highest BCUT2D eigenvalue weighted by atomic mass is 16.5. The van der Waals surface area contributed by atoms with E-state index in [1.165, 1.54) is 11.3 Å². The van der Waals surface area contributed by atoms with Gasteiger partial charge in [-0.15, -0.1) is 0 Å². The minimum Gasteiger partial charge on any atom is -0.378 e. The zero-order valence-electron chi connectivity index (χ0n) is 14.0. The van der Waals surface area contributed by atoms with E-state index in [9.17, 15) is 4.79 Å². The molecule has 2 aromatic rings. The summed E-state index contributed by atoms with van der Waals surface area (Å²) in [6.45, 7) is 2.44. The fraction of sp³-hybridized carbons (Fsp3) is 0.471. The quantitative estimate of drug-likeness (QED) is 0.755. The number of benzene rings is 1. The van der Waals surface area contributed by atoms with Crippen LogP contribution in [0.3, 0.4) is 0 Å². The lowest BCUT2D eigenvalue weighted by Crippen LogP contribution is -2.25. The van der Waals surface area contributed by atoms with E-state index < -0.39 is 0 Å². The van der Waals surface area contributed by atoms with Crippen molar-refractivity contribution in [2.45, 2.75) is 32.6 Å². The molecule has 0 aliphatic carbocycles. The number of nitrogens with one attached hydrogen (secondary N) is 1. The summed E-state index contributed by atoms with van der Waals surface area (Å²) in [5.41, 5.74) is 2.48. The first-order valence-electron chi connectivity index (χ1n) is 7.87. The van der Waals surface area contributed by atoms with Gasteiger partial charge in [0.05, 0.1) is 0 Å². The minimum atomic E-state index is 0.0174. The largest absolute Gasteiger partial charge is 0.378 e. The Bertz CT molecular complexity index is 620. The summed E-state index contributed by atoms with van der Waals surface area (Å²) in [5.74, 6) is 1.13. The molecule has 1 aromatic carbocycles. The second-order valence-electron chi connectivity index (χ2n) is 5.75. The van der Waals surface area contributed by atoms with E-state index >= 15 is 0 Å². The maximum absolute atomic E-state index is 11.7. The molecule has 6 nitrogen and oxygen atoms in total. The Morgan fingerprint density at radius 1 is 1.22 bits per heavy atom. The van der Waals surface area contributed by atoms with Gasteiger partial charge in [0.1, 0.15) is 0 Å². The molecule has 6 heteroatoms. The molecule has 1 heterocycles. The van der Waals surface area contributed by atoms with Crippen LogP contribution in [0.4, 0.5) is 5.69 Å². The predicted octanol–water partition coefficient (Wildman–Crippen LogP) is 2.13. The van der Waals surface area contributed by atoms with Gasteiger partial charge in [0.2, 0.25) is 11.8 Å². The SMILES string of the molecule is Cc1noc(CCC(=O)NCCCc2ccc(N(C)C)cc2)n1. The van der Waals surface area contributed by atoms with Crippen LogP contribution in [0.15, 0.2) is 28.8 Å². The minimum absolute atomic E-state index is 0.0174. The molecule has 0 saturated heterocycles. The molecule has 1 N–H and O–H groups in total. The number of amides is 1. The normalized spacial score (nSPS) is 10.6. The first-order chi connectivity index (χ1) is 11.0. The van der Waals surface area contributed by atoms with Crippen LogP contribution < -0.4 is 10.2 Å². The van der Waals surface area contributed by atoms with E-state index in [-0.39, 0.29) is 5.91 Å². The summed E-state index contributed by atoms with van der Waals surface area (Å²) >= 11 is 0. The highest BCUT2D eigenvalue weighted by Gasteiger charge is 2.06. The van der Waals surface area contributed by atoms with Crippen LogP contribution in [0.25, 0.3) is 0 Å². The van der Waals surface area contributed by atoms with Crippen LogP contribution in [0.1, 0.15) is 30.1 Å². The summed E-state index contributed by atoms with van der Waals surface area (Å²) in [7, 11) is 4.06. The number of hydrogen-bond acceptors (Lipinski definition) is 5. The van der Waals surface area contributed by atoms with Crippen molar-refractivity contribution in [1.82, 2.24) is 15.5 Å². The Morgan fingerprint density at radius 3 is 2.57 bits per heavy atom. The zero-order chi connectivity index (χ0) is 16.7. The van der Waals surface area contributed by atoms with Gasteiger partial charge in [0.15, 0.2) is 5.82 Å². The van der Waals surface area contributed by atoms with Gasteiger partial charge in [0.25, 0.3) is 0 Å². The number of aryl methyl sites for hydroxylation is 3. The van der Waals surface area contributed by atoms with Crippen molar-refractivity contribution in [3.8, 4) is 0 Å². The van der Waals surface area contributed by atoms with Crippen molar-refractivity contribution in [1.29, 1.82) is 0 Å². The predicted molar refractivity (Wildman–Crippen MR) is 89.5 cm³/mol. The molecule has 0 atom stereocenters. The molecule has 1 amide bonds. The Morgan fingerprint density at radius 2 is 1.96 bits per heavy atom. The van der Waals surface area contributed by atoms with Gasteiger partial charge in [-0.2, -0.15) is 4.98 Å². The van der Waals surface area contributed by atoms with Gasteiger partial charge >= 0.3 is 0 Å². The number of aromatic nitrogens is 2. The lowest BCUT2D eigenvalue weighted by Gasteiger charge is -2.12. The maximum Gasteiger partial charge on any atom is 0.227 e. The number of anilines is 1. The zero-order valence-corrected chi connectivity index (χ0v) is 14.0. The van der Waals surface area contributed by atoms with Crippen LogP contribution >= 0.6 is 0 Å². The van der Waals surface area contributed by atoms with Gasteiger partial charge < -0.3 is 14.7 Å². The van der Waals surface area contributed by atoms with Gasteiger partial charge in [-0.3, -0.25) is 4.79 Å². The summed E-state index contributed by atoms with van der Waals surface area (Å²) < 4.78 is 4.98. The van der Waals surface area contributed by atoms with Crippen molar-refractivity contribution < 1.29 is 9.32 Å². The van der Waals surface area contributed by atoms with Crippen LogP contribution in [-0.2, 0) is 17.6 Å². The Kier molecular flexibility index (Phi) is 6.14. The fourth-order valence-electron chi connectivity index (χ4n) is 2.23. The van der Waals surface area contributed by atoms with E-state index in [1.807, 2.05) is 14.1 Å². The first kappa shape index (κ1) is 17.0. The van der Waals surface area contributed by atoms with E-state index in [4.69, 9.17) is 4.52 Å². The smallest absolute Gasteiger partial charge is 0.227 e. The Balaban J connectivity index is 1.61. The molecule has 0 radical (unpaired) electrons. The summed E-state index contributed by atoms with van der Waals surface area (Å²) in [5, 5.41) is 6.62. The molecule has 23 heavy (non-hydrogen) atoms. The first-order valence-corrected chi connectivity index (χ1v) is 7.87. The third-order valence-electron chi connectivity index (χ3n) is 3.55. The highest BCUT2D eigenvalue weighted by Crippen LogP contribution is 2.13.